The van der Waals surface area contributed by atoms with Crippen LogP contribution >= 0.6 is 0 Å². The van der Waals surface area contributed by atoms with E-state index in [0.717, 1.165) is 30.1 Å². The third-order valence-corrected chi connectivity index (χ3v) is 10.8. The fourth-order valence-corrected chi connectivity index (χ4v) is 9.13. The molecule has 8 atom stereocenters. The Hall–Kier alpha value is -1.31. The molecule has 4 aliphatic carbocycles. The number of carbonyl (C=O) groups is 1. The van der Waals surface area contributed by atoms with Crippen LogP contribution in [0.1, 0.15) is 78.6 Å². The molecule has 0 saturated heterocycles. The molecule has 0 spiro atoms. The second kappa shape index (κ2) is 7.38. The minimum Gasteiger partial charge on any atom is -0.372 e. The van der Waals surface area contributed by atoms with Crippen molar-refractivity contribution in [2.24, 2.45) is 40.4 Å². The maximum absolute atomic E-state index is 12.4. The van der Waals surface area contributed by atoms with E-state index in [9.17, 15) is 4.79 Å². The van der Waals surface area contributed by atoms with Gasteiger partial charge in [-0.3, -0.25) is 4.79 Å². The largest absolute Gasteiger partial charge is 0.372 e. The molecule has 0 N–H and O–H groups in total. The van der Waals surface area contributed by atoms with E-state index >= 15 is 0 Å². The number of hydrogen-bond donors (Lipinski definition) is 0. The minimum atomic E-state index is 0.293. The quantitative estimate of drug-likeness (QED) is 0.553. The number of ketones is 1. The van der Waals surface area contributed by atoms with Gasteiger partial charge in [0.2, 0.25) is 0 Å². The number of carbonyl (C=O) groups excluding carboxylic acids is 1. The summed E-state index contributed by atoms with van der Waals surface area (Å²) in [4.78, 5) is 14.9. The van der Waals surface area contributed by atoms with E-state index in [-0.39, 0.29) is 0 Å². The number of nitrogens with zero attached hydrogens (tertiary/aromatic N) is 1. The maximum atomic E-state index is 12.4. The van der Waals surface area contributed by atoms with Crippen molar-refractivity contribution in [1.29, 1.82) is 0 Å². The lowest BCUT2D eigenvalue weighted by Gasteiger charge is -2.61. The summed E-state index contributed by atoms with van der Waals surface area (Å²) in [6.45, 7) is 6.99. The zero-order valence-corrected chi connectivity index (χ0v) is 19.6. The van der Waals surface area contributed by atoms with Crippen molar-refractivity contribution in [3.63, 3.8) is 0 Å². The van der Waals surface area contributed by atoms with Crippen molar-refractivity contribution in [2.75, 3.05) is 11.9 Å². The fraction of sp³-hybridized carbons (Fsp3) is 0.750. The summed E-state index contributed by atoms with van der Waals surface area (Å²) in [6.07, 6.45) is 12.0. The summed E-state index contributed by atoms with van der Waals surface area (Å²) in [5, 5.41) is 0. The van der Waals surface area contributed by atoms with Gasteiger partial charge in [-0.05, 0) is 111 Å². The molecule has 4 aliphatic rings. The Morgan fingerprint density at radius 1 is 0.900 bits per heavy atom. The lowest BCUT2D eigenvalue weighted by molar-refractivity contribution is -0.134. The Morgan fingerprint density at radius 2 is 1.60 bits per heavy atom. The third-order valence-electron chi connectivity index (χ3n) is 10.8. The molecule has 0 amide bonds. The third kappa shape index (κ3) is 3.00. The Balaban J connectivity index is 1.34. The molecule has 0 bridgehead atoms. The highest BCUT2D eigenvalue weighted by molar-refractivity contribution is 5.79. The van der Waals surface area contributed by atoms with Crippen LogP contribution in [0.15, 0.2) is 30.3 Å². The monoisotopic (exact) mass is 407 g/mol. The molecule has 1 aromatic rings. The van der Waals surface area contributed by atoms with Crippen molar-refractivity contribution in [1.82, 2.24) is 0 Å². The van der Waals surface area contributed by atoms with Crippen LogP contribution in [0.4, 0.5) is 5.69 Å². The van der Waals surface area contributed by atoms with Crippen LogP contribution in [0.2, 0.25) is 0 Å². The number of anilines is 1. The first-order chi connectivity index (χ1) is 14.3. The topological polar surface area (TPSA) is 20.3 Å². The molecule has 5 rings (SSSR count). The molecule has 0 aliphatic heterocycles. The molecule has 0 radical (unpaired) electrons. The van der Waals surface area contributed by atoms with Crippen LogP contribution in [0.3, 0.4) is 0 Å². The lowest BCUT2D eigenvalue weighted by atomic mass is 9.44. The zero-order valence-electron chi connectivity index (χ0n) is 19.6. The van der Waals surface area contributed by atoms with Gasteiger partial charge in [-0.15, -0.1) is 0 Å². The molecular formula is C28H41NO. The number of Topliss-reactive ketones (excluding diaryl/α,β-unsaturated/α-hetero) is 1. The van der Waals surface area contributed by atoms with E-state index in [1.54, 1.807) is 0 Å². The average molecular weight is 408 g/mol. The predicted molar refractivity (Wildman–Crippen MR) is 125 cm³/mol. The molecular weight excluding hydrogens is 366 g/mol. The molecule has 1 aromatic carbocycles. The van der Waals surface area contributed by atoms with Crippen LogP contribution in [0, 0.1) is 40.4 Å². The van der Waals surface area contributed by atoms with Gasteiger partial charge in [0.25, 0.3) is 0 Å². The highest BCUT2D eigenvalue weighted by atomic mass is 16.1. The summed E-state index contributed by atoms with van der Waals surface area (Å²) < 4.78 is 0. The summed E-state index contributed by atoms with van der Waals surface area (Å²) in [5.41, 5.74) is 2.18. The van der Waals surface area contributed by atoms with Gasteiger partial charge >= 0.3 is 0 Å². The second-order valence-corrected chi connectivity index (χ2v) is 11.8. The van der Waals surface area contributed by atoms with Crippen molar-refractivity contribution in [3.05, 3.63) is 30.3 Å². The highest BCUT2D eigenvalue weighted by Gasteiger charge is 2.60. The Bertz CT molecular complexity index is 789. The van der Waals surface area contributed by atoms with E-state index in [0.29, 0.717) is 28.6 Å². The van der Waals surface area contributed by atoms with E-state index in [4.69, 9.17) is 0 Å². The van der Waals surface area contributed by atoms with Crippen LogP contribution in [-0.2, 0) is 4.79 Å². The first-order valence-corrected chi connectivity index (χ1v) is 12.6. The zero-order chi connectivity index (χ0) is 21.1. The number of fused-ring (bicyclic) bond motifs is 5. The van der Waals surface area contributed by atoms with Gasteiger partial charge in [0.15, 0.2) is 0 Å². The first-order valence-electron chi connectivity index (χ1n) is 12.6. The smallest absolute Gasteiger partial charge is 0.133 e. The van der Waals surface area contributed by atoms with Gasteiger partial charge in [-0.2, -0.15) is 0 Å². The second-order valence-electron chi connectivity index (χ2n) is 11.8. The van der Waals surface area contributed by atoms with Crippen molar-refractivity contribution in [2.45, 2.75) is 84.6 Å². The van der Waals surface area contributed by atoms with Crippen LogP contribution in [-0.4, -0.2) is 18.9 Å². The van der Waals surface area contributed by atoms with Crippen LogP contribution in [0.5, 0.6) is 0 Å². The molecule has 2 heteroatoms. The van der Waals surface area contributed by atoms with Crippen molar-refractivity contribution < 1.29 is 4.79 Å². The van der Waals surface area contributed by atoms with Gasteiger partial charge in [-0.25, -0.2) is 0 Å². The van der Waals surface area contributed by atoms with Gasteiger partial charge < -0.3 is 4.90 Å². The predicted octanol–water partition coefficient (Wildman–Crippen LogP) is 6.74. The number of benzene rings is 1. The summed E-state index contributed by atoms with van der Waals surface area (Å²) in [5.74, 6) is 4.23. The van der Waals surface area contributed by atoms with Gasteiger partial charge in [0, 0.05) is 24.7 Å². The standard InChI is InChI=1S/C28H41NO/c1-19(30)24-12-13-25-23-11-10-20-18-22(29(4)21-8-6-5-7-9-21)14-16-27(20,2)26(23)15-17-28(24,25)3/h5-9,20,22-26H,10-18H2,1-4H3/t20?,22-,23?,24-,25?,26?,27+,28-/m1/s1. The van der Waals surface area contributed by atoms with Crippen molar-refractivity contribution >= 4 is 11.5 Å². The van der Waals surface area contributed by atoms with Crippen LogP contribution in [0.25, 0.3) is 0 Å². The summed E-state index contributed by atoms with van der Waals surface area (Å²) in [7, 11) is 2.31. The summed E-state index contributed by atoms with van der Waals surface area (Å²) >= 11 is 0. The fourth-order valence-electron chi connectivity index (χ4n) is 9.13. The van der Waals surface area contributed by atoms with Gasteiger partial charge in [0.05, 0.1) is 0 Å². The van der Waals surface area contributed by atoms with Crippen LogP contribution < -0.4 is 4.90 Å². The molecule has 30 heavy (non-hydrogen) atoms. The SMILES string of the molecule is CC(=O)[C@H]1CCC2C3CCC4C[C@H](N(C)c5ccccc5)CC[C@]4(C)C3CC[C@@]21C. The van der Waals surface area contributed by atoms with Gasteiger partial charge in [-0.1, -0.05) is 32.0 Å². The normalized spacial score (nSPS) is 45.2. The number of hydrogen-bond acceptors (Lipinski definition) is 2. The van der Waals surface area contributed by atoms with E-state index in [2.05, 4.69) is 56.1 Å². The average Bonchev–Trinajstić information content (AvgIpc) is 3.11. The maximum Gasteiger partial charge on any atom is 0.133 e. The Kier molecular flexibility index (Phi) is 5.07. The molecule has 0 aromatic heterocycles. The number of rotatable bonds is 3. The molecule has 4 fully saturated rings. The minimum absolute atomic E-state index is 0.293. The Morgan fingerprint density at radius 3 is 2.33 bits per heavy atom. The molecule has 4 unspecified atom stereocenters. The lowest BCUT2D eigenvalue weighted by Crippen LogP contribution is -2.55. The molecule has 2 nitrogen and oxygen atoms in total. The Labute approximate surface area is 183 Å². The van der Waals surface area contributed by atoms with Crippen molar-refractivity contribution in [3.8, 4) is 0 Å². The van der Waals surface area contributed by atoms with Gasteiger partial charge in [0.1, 0.15) is 5.78 Å². The first kappa shape index (κ1) is 20.6. The summed E-state index contributed by atoms with van der Waals surface area (Å²) in [6, 6.07) is 11.7. The molecule has 4 saturated carbocycles. The molecule has 164 valence electrons. The van der Waals surface area contributed by atoms with E-state index in [1.807, 2.05) is 6.92 Å². The van der Waals surface area contributed by atoms with E-state index < -0.39 is 0 Å². The number of para-hydroxylation sites is 1. The van der Waals surface area contributed by atoms with E-state index in [1.165, 1.54) is 57.1 Å². The highest BCUT2D eigenvalue weighted by Crippen LogP contribution is 2.67. The molecule has 0 heterocycles.